The Morgan fingerprint density at radius 3 is 1.71 bits per heavy atom. The number of anilines is 5. The second-order valence-electron chi connectivity index (χ2n) is 17.6. The summed E-state index contributed by atoms with van der Waals surface area (Å²) in [5.41, 5.74) is 23.0. The van der Waals surface area contributed by atoms with Gasteiger partial charge in [-0.15, -0.1) is 0 Å². The van der Waals surface area contributed by atoms with Crippen LogP contribution < -0.4 is 9.80 Å². The lowest BCUT2D eigenvalue weighted by Gasteiger charge is -2.37. The maximum Gasteiger partial charge on any atom is 0.0534 e. The summed E-state index contributed by atoms with van der Waals surface area (Å²) < 4.78 is 0. The van der Waals surface area contributed by atoms with E-state index in [1.165, 1.54) is 112 Å². The van der Waals surface area contributed by atoms with Crippen molar-refractivity contribution in [3.63, 3.8) is 0 Å². The molecule has 12 rings (SSSR count). The average molecular weight is 745 g/mol. The van der Waals surface area contributed by atoms with Crippen LogP contribution in [0.5, 0.6) is 0 Å². The Bertz CT molecular complexity index is 3020. The van der Waals surface area contributed by atoms with Gasteiger partial charge in [0.05, 0.1) is 17.1 Å². The zero-order valence-electron chi connectivity index (χ0n) is 33.5. The fourth-order valence-corrected chi connectivity index (χ4v) is 10.9. The van der Waals surface area contributed by atoms with Gasteiger partial charge < -0.3 is 9.80 Å². The van der Waals surface area contributed by atoms with Crippen molar-refractivity contribution in [2.24, 2.45) is 0 Å². The minimum atomic E-state index is -0.218. The van der Waals surface area contributed by atoms with E-state index in [2.05, 4.69) is 207 Å². The van der Waals surface area contributed by atoms with Gasteiger partial charge in [0.1, 0.15) is 0 Å². The zero-order valence-corrected chi connectivity index (χ0v) is 33.5. The number of allylic oxidation sites excluding steroid dienone is 5. The summed E-state index contributed by atoms with van der Waals surface area (Å²) in [7, 11) is 0. The molecule has 58 heavy (non-hydrogen) atoms. The molecule has 0 amide bonds. The Hall–Kier alpha value is -6.64. The van der Waals surface area contributed by atoms with Gasteiger partial charge >= 0.3 is 0 Å². The molecule has 0 aromatic heterocycles. The van der Waals surface area contributed by atoms with Crippen molar-refractivity contribution in [1.82, 2.24) is 0 Å². The summed E-state index contributed by atoms with van der Waals surface area (Å²) >= 11 is 0. The van der Waals surface area contributed by atoms with Crippen molar-refractivity contribution in [2.45, 2.75) is 51.4 Å². The Kier molecular flexibility index (Phi) is 6.90. The predicted molar refractivity (Wildman–Crippen MR) is 246 cm³/mol. The van der Waals surface area contributed by atoms with Gasteiger partial charge in [0.15, 0.2) is 0 Å². The first-order chi connectivity index (χ1) is 28.3. The summed E-state index contributed by atoms with van der Waals surface area (Å²) in [5.74, 6) is 0. The molecule has 278 valence electrons. The molecule has 3 aliphatic carbocycles. The molecule has 0 spiro atoms. The molecule has 0 saturated carbocycles. The normalized spacial score (nSPS) is 17.1. The Morgan fingerprint density at radius 2 is 1.02 bits per heavy atom. The Balaban J connectivity index is 1.04. The van der Waals surface area contributed by atoms with Crippen LogP contribution in [-0.2, 0) is 10.8 Å². The standard InChI is InChI=1S/C56H44N2/c1-55(2)45-19-13-18-43-53-42-31-29-40(58-51-22-11-7-16-37(51)26-27-38-17-8-12-23-52(38)58)33-47(42)56(3,4)48(53)34-44(54(43)45)41-30-28-39(32-46(41)55)57-49-20-9-5-14-35(49)24-25-36-15-6-10-21-50(36)57/h5-11,13-22,24-34H,12,23H2,1-4H3. The van der Waals surface area contributed by atoms with Gasteiger partial charge in [-0.05, 0) is 139 Å². The second-order valence-corrected chi connectivity index (χ2v) is 17.6. The van der Waals surface area contributed by atoms with E-state index in [4.69, 9.17) is 0 Å². The third-order valence-corrected chi connectivity index (χ3v) is 13.8. The zero-order chi connectivity index (χ0) is 38.9. The molecular weight excluding hydrogens is 701 g/mol. The van der Waals surface area contributed by atoms with Crippen molar-refractivity contribution < 1.29 is 0 Å². The highest BCUT2D eigenvalue weighted by molar-refractivity contribution is 6.13. The highest BCUT2D eigenvalue weighted by Crippen LogP contribution is 2.59. The van der Waals surface area contributed by atoms with Crippen LogP contribution >= 0.6 is 0 Å². The van der Waals surface area contributed by atoms with Crippen molar-refractivity contribution in [3.8, 4) is 22.3 Å². The SMILES string of the molecule is CC1(C)c2cc(N3C4=C(C=CCC4)C=Cc4ccccc43)ccc2-c2c1cc1c3c(cccc23)C(C)(C)c2cc(N3c4ccccc4C=Cc4ccccc43)ccc2-1. The van der Waals surface area contributed by atoms with E-state index >= 15 is 0 Å². The van der Waals surface area contributed by atoms with Crippen LogP contribution in [0.4, 0.5) is 28.4 Å². The largest absolute Gasteiger partial charge is 0.313 e. The van der Waals surface area contributed by atoms with Crippen molar-refractivity contribution in [3.05, 3.63) is 202 Å². The van der Waals surface area contributed by atoms with Crippen LogP contribution in [0.15, 0.2) is 163 Å². The summed E-state index contributed by atoms with van der Waals surface area (Å²) in [4.78, 5) is 5.00. The van der Waals surface area contributed by atoms with E-state index in [-0.39, 0.29) is 10.8 Å². The number of hydrogen-bond acceptors (Lipinski definition) is 2. The Morgan fingerprint density at radius 1 is 0.448 bits per heavy atom. The summed E-state index contributed by atoms with van der Waals surface area (Å²) in [6.45, 7) is 9.73. The monoisotopic (exact) mass is 744 g/mol. The van der Waals surface area contributed by atoms with E-state index in [0.717, 1.165) is 12.8 Å². The first-order valence-corrected chi connectivity index (χ1v) is 20.8. The van der Waals surface area contributed by atoms with E-state index < -0.39 is 0 Å². The smallest absolute Gasteiger partial charge is 0.0534 e. The molecule has 0 saturated heterocycles. The lowest BCUT2D eigenvalue weighted by atomic mass is 9.67. The quantitative estimate of drug-likeness (QED) is 0.174. The molecule has 0 fully saturated rings. The van der Waals surface area contributed by atoms with Crippen LogP contribution in [0.2, 0.25) is 0 Å². The lowest BCUT2D eigenvalue weighted by Crippen LogP contribution is -2.25. The van der Waals surface area contributed by atoms with Gasteiger partial charge in [-0.3, -0.25) is 0 Å². The third-order valence-electron chi connectivity index (χ3n) is 13.8. The topological polar surface area (TPSA) is 6.48 Å². The van der Waals surface area contributed by atoms with E-state index in [0.29, 0.717) is 0 Å². The van der Waals surface area contributed by atoms with Crippen LogP contribution in [0.1, 0.15) is 79.5 Å². The molecule has 2 nitrogen and oxygen atoms in total. The van der Waals surface area contributed by atoms with Gasteiger partial charge in [-0.25, -0.2) is 0 Å². The lowest BCUT2D eigenvalue weighted by molar-refractivity contribution is 0.644. The molecule has 2 heterocycles. The number of nitrogens with zero attached hydrogens (tertiary/aromatic N) is 2. The average Bonchev–Trinajstić information content (AvgIpc) is 3.37. The van der Waals surface area contributed by atoms with Gasteiger partial charge in [0.2, 0.25) is 0 Å². The van der Waals surface area contributed by atoms with Gasteiger partial charge in [-0.1, -0.05) is 149 Å². The van der Waals surface area contributed by atoms with Crippen LogP contribution in [0.3, 0.4) is 0 Å². The third kappa shape index (κ3) is 4.55. The van der Waals surface area contributed by atoms with E-state index in [1.54, 1.807) is 0 Å². The van der Waals surface area contributed by atoms with Crippen molar-refractivity contribution in [2.75, 3.05) is 9.80 Å². The fourth-order valence-electron chi connectivity index (χ4n) is 10.9. The van der Waals surface area contributed by atoms with Crippen LogP contribution in [-0.4, -0.2) is 0 Å². The Labute approximate surface area is 341 Å². The number of rotatable bonds is 2. The van der Waals surface area contributed by atoms with Gasteiger partial charge in [-0.2, -0.15) is 0 Å². The predicted octanol–water partition coefficient (Wildman–Crippen LogP) is 15.2. The molecule has 2 heteroatoms. The van der Waals surface area contributed by atoms with Crippen molar-refractivity contribution in [1.29, 1.82) is 0 Å². The van der Waals surface area contributed by atoms with Gasteiger partial charge in [0, 0.05) is 27.9 Å². The molecule has 5 aliphatic rings. The molecule has 0 N–H and O–H groups in total. The van der Waals surface area contributed by atoms with Gasteiger partial charge in [0.25, 0.3) is 0 Å². The first kappa shape index (κ1) is 33.5. The first-order valence-electron chi connectivity index (χ1n) is 20.8. The summed E-state index contributed by atoms with van der Waals surface area (Å²) in [6, 6.07) is 50.6. The molecular formula is C56H44N2. The number of fused-ring (bicyclic) bond motifs is 9. The maximum absolute atomic E-state index is 2.56. The highest BCUT2D eigenvalue weighted by atomic mass is 15.2. The molecule has 0 atom stereocenters. The number of para-hydroxylation sites is 3. The minimum absolute atomic E-state index is 0.200. The van der Waals surface area contributed by atoms with Crippen LogP contribution in [0, 0.1) is 0 Å². The number of hydrogen-bond donors (Lipinski definition) is 0. The second kappa shape index (κ2) is 11.9. The maximum atomic E-state index is 2.56. The molecule has 7 aromatic carbocycles. The van der Waals surface area contributed by atoms with Crippen LogP contribution in [0.25, 0.3) is 51.3 Å². The molecule has 0 bridgehead atoms. The molecule has 2 aliphatic heterocycles. The minimum Gasteiger partial charge on any atom is -0.313 e. The molecule has 7 aromatic rings. The summed E-state index contributed by atoms with van der Waals surface area (Å²) in [5, 5.41) is 2.76. The van der Waals surface area contributed by atoms with Crippen molar-refractivity contribution >= 4 is 57.4 Å². The molecule has 0 radical (unpaired) electrons. The molecule has 0 unspecified atom stereocenters. The number of benzene rings is 7. The summed E-state index contributed by atoms with van der Waals surface area (Å²) in [6.07, 6.45) is 15.8. The fraction of sp³-hybridized carbons (Fsp3) is 0.143. The van der Waals surface area contributed by atoms with E-state index in [9.17, 15) is 0 Å². The van der Waals surface area contributed by atoms with E-state index in [1.807, 2.05) is 0 Å². The highest BCUT2D eigenvalue weighted by Gasteiger charge is 2.42.